The first-order valence-corrected chi connectivity index (χ1v) is 5.84. The second-order valence-electron chi connectivity index (χ2n) is 3.79. The van der Waals surface area contributed by atoms with Gasteiger partial charge in [0.05, 0.1) is 17.2 Å². The average molecular weight is 225 g/mol. The molecule has 0 bridgehead atoms. The van der Waals surface area contributed by atoms with Crippen molar-refractivity contribution in [1.29, 1.82) is 0 Å². The van der Waals surface area contributed by atoms with Gasteiger partial charge in [-0.1, -0.05) is 12.2 Å². The van der Waals surface area contributed by atoms with Gasteiger partial charge in [0.2, 0.25) is 0 Å². The third-order valence-corrected chi connectivity index (χ3v) is 3.31. The number of fused-ring (bicyclic) bond motifs is 1. The number of allylic oxidation sites excluding steroid dienone is 1. The van der Waals surface area contributed by atoms with Crippen molar-refractivity contribution in [2.75, 3.05) is 13.2 Å². The number of carbonyl (C=O) groups is 1. The van der Waals surface area contributed by atoms with Gasteiger partial charge in [0.25, 0.3) is 0 Å². The first-order valence-electron chi connectivity index (χ1n) is 5.43. The third-order valence-electron chi connectivity index (χ3n) is 2.89. The van der Waals surface area contributed by atoms with Gasteiger partial charge in [-0.25, -0.2) is 4.79 Å². The SMILES string of the molecule is CCOC(=O)C1=C2CCCC(=S)N2CC1. The summed E-state index contributed by atoms with van der Waals surface area (Å²) in [4.78, 5) is 14.8. The average Bonchev–Trinajstić information content (AvgIpc) is 2.63. The van der Waals surface area contributed by atoms with Crippen LogP contribution in [0, 0.1) is 0 Å². The maximum Gasteiger partial charge on any atom is 0.335 e. The summed E-state index contributed by atoms with van der Waals surface area (Å²) in [5, 5.41) is 0. The molecule has 1 fully saturated rings. The van der Waals surface area contributed by atoms with Crippen molar-refractivity contribution in [3.05, 3.63) is 11.3 Å². The van der Waals surface area contributed by atoms with Crippen LogP contribution < -0.4 is 0 Å². The lowest BCUT2D eigenvalue weighted by molar-refractivity contribution is -0.138. The summed E-state index contributed by atoms with van der Waals surface area (Å²) in [6.45, 7) is 3.14. The fraction of sp³-hybridized carbons (Fsp3) is 0.636. The number of thiocarbonyl (C=S) groups is 1. The van der Waals surface area contributed by atoms with Crippen molar-refractivity contribution < 1.29 is 9.53 Å². The number of hydrogen-bond acceptors (Lipinski definition) is 3. The molecule has 0 aliphatic carbocycles. The predicted octanol–water partition coefficient (Wildman–Crippen LogP) is 2.02. The highest BCUT2D eigenvalue weighted by molar-refractivity contribution is 7.80. The van der Waals surface area contributed by atoms with Crippen LogP contribution in [0.1, 0.15) is 32.6 Å². The van der Waals surface area contributed by atoms with Gasteiger partial charge < -0.3 is 9.64 Å². The van der Waals surface area contributed by atoms with Crippen LogP contribution >= 0.6 is 12.2 Å². The van der Waals surface area contributed by atoms with E-state index in [0.29, 0.717) is 6.61 Å². The van der Waals surface area contributed by atoms with Gasteiger partial charge in [-0.3, -0.25) is 0 Å². The first-order chi connectivity index (χ1) is 7.24. The minimum absolute atomic E-state index is 0.153. The molecule has 0 saturated carbocycles. The Balaban J connectivity index is 2.20. The maximum absolute atomic E-state index is 11.7. The lowest BCUT2D eigenvalue weighted by Gasteiger charge is -2.27. The molecule has 0 aromatic rings. The van der Waals surface area contributed by atoms with Gasteiger partial charge >= 0.3 is 5.97 Å². The molecular weight excluding hydrogens is 210 g/mol. The van der Waals surface area contributed by atoms with E-state index in [1.54, 1.807) is 0 Å². The molecular formula is C11H15NO2S. The zero-order valence-corrected chi connectivity index (χ0v) is 9.73. The summed E-state index contributed by atoms with van der Waals surface area (Å²) in [5.41, 5.74) is 1.96. The highest BCUT2D eigenvalue weighted by atomic mass is 32.1. The van der Waals surface area contributed by atoms with E-state index in [0.717, 1.165) is 48.5 Å². The Hall–Kier alpha value is -0.900. The Labute approximate surface area is 95.1 Å². The summed E-state index contributed by atoms with van der Waals surface area (Å²) in [6, 6.07) is 0. The number of nitrogens with zero attached hydrogens (tertiary/aromatic N) is 1. The number of piperidine rings is 1. The predicted molar refractivity (Wildman–Crippen MR) is 61.4 cm³/mol. The van der Waals surface area contributed by atoms with Crippen LogP contribution in [0.15, 0.2) is 11.3 Å². The van der Waals surface area contributed by atoms with E-state index in [2.05, 4.69) is 4.90 Å². The van der Waals surface area contributed by atoms with Crippen LogP contribution in [0.3, 0.4) is 0 Å². The smallest absolute Gasteiger partial charge is 0.335 e. The molecule has 1 saturated heterocycles. The Morgan fingerprint density at radius 2 is 2.27 bits per heavy atom. The molecule has 0 spiro atoms. The van der Waals surface area contributed by atoms with E-state index < -0.39 is 0 Å². The van der Waals surface area contributed by atoms with Crippen molar-refractivity contribution in [2.45, 2.75) is 32.6 Å². The van der Waals surface area contributed by atoms with Crippen molar-refractivity contribution in [3.63, 3.8) is 0 Å². The van der Waals surface area contributed by atoms with Gasteiger partial charge in [0.15, 0.2) is 0 Å². The van der Waals surface area contributed by atoms with Gasteiger partial charge in [-0.05, 0) is 32.6 Å². The molecule has 82 valence electrons. The normalized spacial score (nSPS) is 20.6. The third kappa shape index (κ3) is 1.91. The number of rotatable bonds is 2. The minimum Gasteiger partial charge on any atom is -0.463 e. The molecule has 0 N–H and O–H groups in total. The lowest BCUT2D eigenvalue weighted by atomic mass is 10.1. The van der Waals surface area contributed by atoms with Crippen LogP contribution in [-0.4, -0.2) is 29.0 Å². The largest absolute Gasteiger partial charge is 0.463 e. The number of esters is 1. The molecule has 2 aliphatic rings. The summed E-state index contributed by atoms with van der Waals surface area (Å²) < 4.78 is 5.04. The molecule has 2 heterocycles. The quantitative estimate of drug-likeness (QED) is 0.531. The zero-order chi connectivity index (χ0) is 10.8. The molecule has 0 radical (unpaired) electrons. The number of carbonyl (C=O) groups excluding carboxylic acids is 1. The van der Waals surface area contributed by atoms with Crippen molar-refractivity contribution in [2.24, 2.45) is 0 Å². The van der Waals surface area contributed by atoms with E-state index in [1.165, 1.54) is 0 Å². The summed E-state index contributed by atoms with van der Waals surface area (Å²) >= 11 is 5.29. The molecule has 0 aromatic carbocycles. The summed E-state index contributed by atoms with van der Waals surface area (Å²) in [7, 11) is 0. The Kier molecular flexibility index (Phi) is 3.05. The molecule has 4 heteroatoms. The monoisotopic (exact) mass is 225 g/mol. The van der Waals surface area contributed by atoms with Crippen molar-refractivity contribution in [3.8, 4) is 0 Å². The van der Waals surface area contributed by atoms with Gasteiger partial charge in [0, 0.05) is 12.2 Å². The van der Waals surface area contributed by atoms with E-state index in [4.69, 9.17) is 17.0 Å². The molecule has 2 aliphatic heterocycles. The van der Waals surface area contributed by atoms with E-state index in [-0.39, 0.29) is 5.97 Å². The van der Waals surface area contributed by atoms with Crippen molar-refractivity contribution in [1.82, 2.24) is 4.90 Å². The van der Waals surface area contributed by atoms with E-state index in [9.17, 15) is 4.79 Å². The molecule has 2 rings (SSSR count). The van der Waals surface area contributed by atoms with Crippen LogP contribution in [0.25, 0.3) is 0 Å². The number of hydrogen-bond donors (Lipinski definition) is 0. The maximum atomic E-state index is 11.7. The standard InChI is InChI=1S/C11H15NO2S/c1-2-14-11(13)8-6-7-12-9(8)4-3-5-10(12)15/h2-7H2,1H3. The van der Waals surface area contributed by atoms with E-state index in [1.807, 2.05) is 6.92 Å². The molecule has 15 heavy (non-hydrogen) atoms. The Morgan fingerprint density at radius 3 is 3.00 bits per heavy atom. The highest BCUT2D eigenvalue weighted by Gasteiger charge is 2.31. The number of ether oxygens (including phenoxy) is 1. The molecule has 0 aromatic heterocycles. The summed E-state index contributed by atoms with van der Waals surface area (Å²) in [5.74, 6) is -0.153. The highest BCUT2D eigenvalue weighted by Crippen LogP contribution is 2.32. The van der Waals surface area contributed by atoms with Gasteiger partial charge in [-0.2, -0.15) is 0 Å². The first kappa shape index (κ1) is 10.6. The fourth-order valence-corrected chi connectivity index (χ4v) is 2.55. The Morgan fingerprint density at radius 1 is 1.47 bits per heavy atom. The second kappa shape index (κ2) is 4.31. The van der Waals surface area contributed by atoms with Gasteiger partial charge in [-0.15, -0.1) is 0 Å². The van der Waals surface area contributed by atoms with Crippen LogP contribution in [0.5, 0.6) is 0 Å². The Bertz CT molecular complexity index is 335. The molecule has 0 amide bonds. The van der Waals surface area contributed by atoms with Crippen molar-refractivity contribution >= 4 is 23.2 Å². The van der Waals surface area contributed by atoms with Gasteiger partial charge in [0.1, 0.15) is 0 Å². The van der Waals surface area contributed by atoms with E-state index >= 15 is 0 Å². The summed E-state index contributed by atoms with van der Waals surface area (Å²) in [6.07, 6.45) is 3.80. The second-order valence-corrected chi connectivity index (χ2v) is 4.27. The topological polar surface area (TPSA) is 29.5 Å². The molecule has 0 atom stereocenters. The van der Waals surface area contributed by atoms with Crippen LogP contribution in [0.2, 0.25) is 0 Å². The fourth-order valence-electron chi connectivity index (χ4n) is 2.21. The molecule has 0 unspecified atom stereocenters. The van der Waals surface area contributed by atoms with Crippen LogP contribution in [-0.2, 0) is 9.53 Å². The lowest BCUT2D eigenvalue weighted by Crippen LogP contribution is -2.29. The molecule has 3 nitrogen and oxygen atoms in total. The zero-order valence-electron chi connectivity index (χ0n) is 8.91. The minimum atomic E-state index is -0.153. The van der Waals surface area contributed by atoms with Crippen LogP contribution in [0.4, 0.5) is 0 Å².